The summed E-state index contributed by atoms with van der Waals surface area (Å²) in [5.74, 6) is 0.523. The predicted molar refractivity (Wildman–Crippen MR) is 89.1 cm³/mol. The van der Waals surface area contributed by atoms with Crippen molar-refractivity contribution < 1.29 is 19.1 Å². The molecule has 0 aliphatic carbocycles. The zero-order chi connectivity index (χ0) is 16.7. The number of thioether (sulfide) groups is 1. The summed E-state index contributed by atoms with van der Waals surface area (Å²) in [6.07, 6.45) is 2.01. The fourth-order valence-electron chi connectivity index (χ4n) is 1.78. The molecule has 0 aromatic heterocycles. The molecule has 0 aliphatic heterocycles. The summed E-state index contributed by atoms with van der Waals surface area (Å²) in [6.45, 7) is -0.157. The van der Waals surface area contributed by atoms with Crippen molar-refractivity contribution in [2.75, 3.05) is 19.9 Å². The minimum absolute atomic E-state index is 0.157. The van der Waals surface area contributed by atoms with Crippen LogP contribution in [0, 0.1) is 0 Å². The van der Waals surface area contributed by atoms with Crippen LogP contribution < -0.4 is 10.1 Å². The van der Waals surface area contributed by atoms with E-state index < -0.39 is 5.97 Å². The lowest BCUT2D eigenvalue weighted by atomic mass is 10.2. The largest absolute Gasteiger partial charge is 0.468 e. The Balaban J connectivity index is 1.95. The Bertz CT molecular complexity index is 668. The molecule has 23 heavy (non-hydrogen) atoms. The van der Waals surface area contributed by atoms with Gasteiger partial charge in [0.15, 0.2) is 0 Å². The van der Waals surface area contributed by atoms with Crippen LogP contribution in [0.15, 0.2) is 53.4 Å². The first-order valence-corrected chi connectivity index (χ1v) is 8.12. The average Bonchev–Trinajstić information content (AvgIpc) is 2.60. The number of carbonyl (C=O) groups excluding carboxylic acids is 2. The monoisotopic (exact) mass is 331 g/mol. The van der Waals surface area contributed by atoms with Crippen LogP contribution in [0.25, 0.3) is 0 Å². The second-order valence-electron chi connectivity index (χ2n) is 4.56. The summed E-state index contributed by atoms with van der Waals surface area (Å²) in [5.41, 5.74) is 0.444. The highest BCUT2D eigenvalue weighted by Crippen LogP contribution is 2.24. The van der Waals surface area contributed by atoms with E-state index in [9.17, 15) is 9.59 Å². The minimum Gasteiger partial charge on any atom is -0.468 e. The number of carbonyl (C=O) groups is 2. The van der Waals surface area contributed by atoms with Gasteiger partial charge in [-0.05, 0) is 54.8 Å². The van der Waals surface area contributed by atoms with Gasteiger partial charge in [0.1, 0.15) is 18.0 Å². The zero-order valence-corrected chi connectivity index (χ0v) is 13.7. The molecule has 2 aromatic rings. The number of amides is 1. The molecule has 0 bridgehead atoms. The normalized spacial score (nSPS) is 10.0. The molecule has 6 heteroatoms. The number of nitrogens with one attached hydrogen (secondary N) is 1. The summed E-state index contributed by atoms with van der Waals surface area (Å²) >= 11 is 1.66. The molecule has 0 radical (unpaired) electrons. The minimum atomic E-state index is -0.494. The first-order valence-electron chi connectivity index (χ1n) is 6.89. The van der Waals surface area contributed by atoms with Crippen molar-refractivity contribution in [1.82, 2.24) is 5.32 Å². The summed E-state index contributed by atoms with van der Waals surface area (Å²) in [4.78, 5) is 24.0. The molecule has 0 atom stereocenters. The van der Waals surface area contributed by atoms with Gasteiger partial charge in [-0.3, -0.25) is 9.59 Å². The van der Waals surface area contributed by atoms with E-state index >= 15 is 0 Å². The van der Waals surface area contributed by atoms with E-state index in [-0.39, 0.29) is 12.5 Å². The number of rotatable bonds is 6. The van der Waals surface area contributed by atoms with Gasteiger partial charge in [0.05, 0.1) is 7.11 Å². The molecular weight excluding hydrogens is 314 g/mol. The van der Waals surface area contributed by atoms with Gasteiger partial charge >= 0.3 is 5.97 Å². The van der Waals surface area contributed by atoms with E-state index in [4.69, 9.17) is 4.74 Å². The van der Waals surface area contributed by atoms with Gasteiger partial charge in [0.2, 0.25) is 0 Å². The van der Waals surface area contributed by atoms with E-state index in [1.807, 2.05) is 30.5 Å². The molecule has 5 nitrogen and oxygen atoms in total. The topological polar surface area (TPSA) is 64.6 Å². The maximum atomic E-state index is 11.8. The number of esters is 1. The van der Waals surface area contributed by atoms with Crippen LogP contribution in [-0.4, -0.2) is 31.8 Å². The second kappa shape index (κ2) is 8.24. The van der Waals surface area contributed by atoms with Crippen LogP contribution in [0.1, 0.15) is 10.4 Å². The molecular formula is C17H17NO4S. The number of methoxy groups -OCH3 is 1. The summed E-state index contributed by atoms with van der Waals surface area (Å²) in [5, 5.41) is 2.47. The number of hydrogen-bond acceptors (Lipinski definition) is 5. The second-order valence-corrected chi connectivity index (χ2v) is 5.44. The molecule has 0 aliphatic rings. The highest BCUT2D eigenvalue weighted by molar-refractivity contribution is 7.98. The third kappa shape index (κ3) is 5.03. The van der Waals surface area contributed by atoms with Crippen molar-refractivity contribution in [1.29, 1.82) is 0 Å². The molecule has 1 amide bonds. The maximum Gasteiger partial charge on any atom is 0.325 e. The van der Waals surface area contributed by atoms with Crippen LogP contribution in [-0.2, 0) is 9.53 Å². The number of ether oxygens (including phenoxy) is 2. The standard InChI is InChI=1S/C17H17NO4S/c1-21-16(19)11-18-17(20)12-3-5-13(6-4-12)22-14-7-9-15(23-2)10-8-14/h3-10H,11H2,1-2H3,(H,18,20). The molecule has 0 saturated carbocycles. The van der Waals surface area contributed by atoms with Crippen molar-refractivity contribution in [3.63, 3.8) is 0 Å². The fourth-order valence-corrected chi connectivity index (χ4v) is 2.19. The van der Waals surface area contributed by atoms with Crippen LogP contribution in [0.4, 0.5) is 0 Å². The Morgan fingerprint density at radius 2 is 1.57 bits per heavy atom. The van der Waals surface area contributed by atoms with Crippen molar-refractivity contribution in [2.45, 2.75) is 4.90 Å². The predicted octanol–water partition coefficient (Wildman–Crippen LogP) is 3.10. The lowest BCUT2D eigenvalue weighted by Crippen LogP contribution is -2.30. The van der Waals surface area contributed by atoms with Crippen LogP contribution >= 0.6 is 11.8 Å². The van der Waals surface area contributed by atoms with E-state index in [2.05, 4.69) is 10.1 Å². The van der Waals surface area contributed by atoms with Gasteiger partial charge in [0, 0.05) is 10.5 Å². The van der Waals surface area contributed by atoms with Crippen molar-refractivity contribution in [3.8, 4) is 11.5 Å². The van der Waals surface area contributed by atoms with Gasteiger partial charge < -0.3 is 14.8 Å². The Kier molecular flexibility index (Phi) is 6.05. The summed E-state index contributed by atoms with van der Waals surface area (Å²) < 4.78 is 10.2. The van der Waals surface area contributed by atoms with Crippen LogP contribution in [0.2, 0.25) is 0 Å². The maximum absolute atomic E-state index is 11.8. The molecule has 2 aromatic carbocycles. The molecule has 120 valence electrons. The molecule has 0 spiro atoms. The zero-order valence-electron chi connectivity index (χ0n) is 12.9. The van der Waals surface area contributed by atoms with E-state index in [0.29, 0.717) is 11.3 Å². The van der Waals surface area contributed by atoms with Gasteiger partial charge in [-0.15, -0.1) is 11.8 Å². The van der Waals surface area contributed by atoms with Crippen LogP contribution in [0.5, 0.6) is 11.5 Å². The van der Waals surface area contributed by atoms with Gasteiger partial charge in [-0.1, -0.05) is 0 Å². The van der Waals surface area contributed by atoms with Gasteiger partial charge in [0.25, 0.3) is 5.91 Å². The Hall–Kier alpha value is -2.47. The summed E-state index contributed by atoms with van der Waals surface area (Å²) in [7, 11) is 1.27. The lowest BCUT2D eigenvalue weighted by molar-refractivity contribution is -0.139. The van der Waals surface area contributed by atoms with E-state index in [0.717, 1.165) is 10.6 Å². The SMILES string of the molecule is COC(=O)CNC(=O)c1ccc(Oc2ccc(SC)cc2)cc1. The lowest BCUT2D eigenvalue weighted by Gasteiger charge is -2.08. The van der Waals surface area contributed by atoms with E-state index in [1.165, 1.54) is 7.11 Å². The quantitative estimate of drug-likeness (QED) is 0.651. The molecule has 0 heterocycles. The van der Waals surface area contributed by atoms with Gasteiger partial charge in [-0.25, -0.2) is 0 Å². The molecule has 0 fully saturated rings. The third-order valence-corrected chi connectivity index (χ3v) is 3.78. The highest BCUT2D eigenvalue weighted by Gasteiger charge is 2.08. The first kappa shape index (κ1) is 16.9. The number of hydrogen-bond donors (Lipinski definition) is 1. The Labute approximate surface area is 139 Å². The molecule has 2 rings (SSSR count). The third-order valence-electron chi connectivity index (χ3n) is 3.03. The molecule has 1 N–H and O–H groups in total. The number of benzene rings is 2. The van der Waals surface area contributed by atoms with Crippen molar-refractivity contribution in [3.05, 3.63) is 54.1 Å². The van der Waals surface area contributed by atoms with Crippen molar-refractivity contribution in [2.24, 2.45) is 0 Å². The molecule has 0 saturated heterocycles. The smallest absolute Gasteiger partial charge is 0.325 e. The molecule has 0 unspecified atom stereocenters. The first-order chi connectivity index (χ1) is 11.1. The Morgan fingerprint density at radius 3 is 2.09 bits per heavy atom. The fraction of sp³-hybridized carbons (Fsp3) is 0.176. The van der Waals surface area contributed by atoms with Crippen molar-refractivity contribution >= 4 is 23.6 Å². The highest BCUT2D eigenvalue weighted by atomic mass is 32.2. The average molecular weight is 331 g/mol. The summed E-state index contributed by atoms with van der Waals surface area (Å²) in [6, 6.07) is 14.4. The Morgan fingerprint density at radius 1 is 1.00 bits per heavy atom. The van der Waals surface area contributed by atoms with Gasteiger partial charge in [-0.2, -0.15) is 0 Å². The van der Waals surface area contributed by atoms with Crippen LogP contribution in [0.3, 0.4) is 0 Å². The van der Waals surface area contributed by atoms with E-state index in [1.54, 1.807) is 36.0 Å².